The van der Waals surface area contributed by atoms with Crippen LogP contribution in [-0.2, 0) is 10.8 Å². The van der Waals surface area contributed by atoms with E-state index in [9.17, 15) is 9.00 Å². The third-order valence-electron chi connectivity index (χ3n) is 2.69. The Bertz CT molecular complexity index is 440. The lowest BCUT2D eigenvalue weighted by Gasteiger charge is -2.26. The lowest BCUT2D eigenvalue weighted by Crippen LogP contribution is -2.42. The number of carbonyl (C=O) groups is 1. The number of hydrogen-bond acceptors (Lipinski definition) is 4. The fourth-order valence-electron chi connectivity index (χ4n) is 1.70. The van der Waals surface area contributed by atoms with Crippen LogP contribution >= 0.6 is 0 Å². The van der Waals surface area contributed by atoms with Crippen molar-refractivity contribution in [2.75, 3.05) is 37.0 Å². The summed E-state index contributed by atoms with van der Waals surface area (Å²) in [6, 6.07) is 5.31. The molecule has 1 aromatic heterocycles. The largest absolute Gasteiger partial charge is 0.373 e. The Morgan fingerprint density at radius 3 is 2.76 bits per heavy atom. The minimum Gasteiger partial charge on any atom is -0.373 e. The van der Waals surface area contributed by atoms with Crippen LogP contribution in [0.25, 0.3) is 0 Å². The second-order valence-electron chi connectivity index (χ2n) is 3.80. The van der Waals surface area contributed by atoms with Gasteiger partial charge in [-0.3, -0.25) is 9.00 Å². The fraction of sp³-hybridized carbons (Fsp3) is 0.455. The first kappa shape index (κ1) is 12.0. The molecule has 0 saturated carbocycles. The third-order valence-corrected chi connectivity index (χ3v) is 3.97. The van der Waals surface area contributed by atoms with Gasteiger partial charge in [0.15, 0.2) is 0 Å². The maximum atomic E-state index is 12.1. The van der Waals surface area contributed by atoms with Crippen LogP contribution in [0.4, 0.5) is 5.82 Å². The Kier molecular flexibility index (Phi) is 3.73. The van der Waals surface area contributed by atoms with Crippen LogP contribution in [0.1, 0.15) is 10.5 Å². The van der Waals surface area contributed by atoms with Crippen molar-refractivity contribution in [1.82, 2.24) is 9.88 Å². The standard InChI is InChI=1S/C11H15N3O2S/c1-12-10-4-2-3-9(13-10)11(15)14-5-7-17(16)8-6-14/h2-4H,5-8H2,1H3,(H,12,13). The van der Waals surface area contributed by atoms with E-state index in [1.807, 2.05) is 6.07 Å². The topological polar surface area (TPSA) is 62.3 Å². The van der Waals surface area contributed by atoms with Crippen molar-refractivity contribution >= 4 is 22.5 Å². The van der Waals surface area contributed by atoms with Gasteiger partial charge < -0.3 is 10.2 Å². The van der Waals surface area contributed by atoms with E-state index in [2.05, 4.69) is 10.3 Å². The Morgan fingerprint density at radius 1 is 1.41 bits per heavy atom. The van der Waals surface area contributed by atoms with Gasteiger partial charge in [-0.25, -0.2) is 4.98 Å². The molecule has 2 heterocycles. The molecule has 17 heavy (non-hydrogen) atoms. The predicted molar refractivity (Wildman–Crippen MR) is 67.6 cm³/mol. The van der Waals surface area contributed by atoms with Crippen molar-refractivity contribution in [2.45, 2.75) is 0 Å². The first-order valence-electron chi connectivity index (χ1n) is 5.50. The van der Waals surface area contributed by atoms with Gasteiger partial charge in [0.25, 0.3) is 5.91 Å². The molecule has 1 N–H and O–H groups in total. The van der Waals surface area contributed by atoms with Crippen molar-refractivity contribution in [3.63, 3.8) is 0 Å². The average Bonchev–Trinajstić information content (AvgIpc) is 2.39. The zero-order valence-corrected chi connectivity index (χ0v) is 10.5. The highest BCUT2D eigenvalue weighted by atomic mass is 32.2. The van der Waals surface area contributed by atoms with Gasteiger partial charge in [0.1, 0.15) is 11.5 Å². The summed E-state index contributed by atoms with van der Waals surface area (Å²) in [5, 5.41) is 2.90. The smallest absolute Gasteiger partial charge is 0.272 e. The normalized spacial score (nSPS) is 16.9. The van der Waals surface area contributed by atoms with E-state index in [4.69, 9.17) is 0 Å². The van der Waals surface area contributed by atoms with Crippen molar-refractivity contribution in [3.05, 3.63) is 23.9 Å². The minimum atomic E-state index is -0.766. The van der Waals surface area contributed by atoms with E-state index in [0.29, 0.717) is 36.1 Å². The zero-order chi connectivity index (χ0) is 12.3. The summed E-state index contributed by atoms with van der Waals surface area (Å²) in [7, 11) is 0.998. The lowest BCUT2D eigenvalue weighted by atomic mass is 10.3. The number of pyridine rings is 1. The van der Waals surface area contributed by atoms with E-state index in [1.54, 1.807) is 24.1 Å². The minimum absolute atomic E-state index is 0.0844. The Labute approximate surface area is 103 Å². The molecule has 1 aliphatic heterocycles. The van der Waals surface area contributed by atoms with Gasteiger partial charge in [-0.1, -0.05) is 6.07 Å². The second-order valence-corrected chi connectivity index (χ2v) is 5.49. The Hall–Kier alpha value is -1.43. The predicted octanol–water partition coefficient (Wildman–Crippen LogP) is 0.328. The van der Waals surface area contributed by atoms with E-state index in [-0.39, 0.29) is 5.91 Å². The molecule has 2 rings (SSSR count). The van der Waals surface area contributed by atoms with Gasteiger partial charge in [-0.15, -0.1) is 0 Å². The van der Waals surface area contributed by atoms with Crippen LogP contribution in [0.3, 0.4) is 0 Å². The summed E-state index contributed by atoms with van der Waals surface area (Å²) < 4.78 is 11.2. The van der Waals surface area contributed by atoms with Gasteiger partial charge >= 0.3 is 0 Å². The highest BCUT2D eigenvalue weighted by Crippen LogP contribution is 2.09. The van der Waals surface area contributed by atoms with Crippen molar-refractivity contribution < 1.29 is 9.00 Å². The highest BCUT2D eigenvalue weighted by Gasteiger charge is 2.22. The van der Waals surface area contributed by atoms with Crippen LogP contribution in [0.15, 0.2) is 18.2 Å². The monoisotopic (exact) mass is 253 g/mol. The summed E-state index contributed by atoms with van der Waals surface area (Å²) in [6.07, 6.45) is 0. The molecule has 5 nitrogen and oxygen atoms in total. The number of anilines is 1. The molecule has 1 saturated heterocycles. The molecule has 92 valence electrons. The molecule has 1 amide bonds. The lowest BCUT2D eigenvalue weighted by molar-refractivity contribution is 0.0765. The SMILES string of the molecule is CNc1cccc(C(=O)N2CCS(=O)CC2)n1. The van der Waals surface area contributed by atoms with E-state index in [1.165, 1.54) is 0 Å². The van der Waals surface area contributed by atoms with Crippen LogP contribution in [0, 0.1) is 0 Å². The fourth-order valence-corrected chi connectivity index (χ4v) is 2.75. The quantitative estimate of drug-likeness (QED) is 0.825. The van der Waals surface area contributed by atoms with Gasteiger partial charge in [0.2, 0.25) is 0 Å². The number of aromatic nitrogens is 1. The molecule has 0 aliphatic carbocycles. The van der Waals surface area contributed by atoms with Gasteiger partial charge in [-0.2, -0.15) is 0 Å². The summed E-state index contributed by atoms with van der Waals surface area (Å²) in [6.45, 7) is 1.10. The van der Waals surface area contributed by atoms with Crippen molar-refractivity contribution in [3.8, 4) is 0 Å². The molecule has 0 bridgehead atoms. The first-order chi connectivity index (χ1) is 8.20. The van der Waals surface area contributed by atoms with E-state index >= 15 is 0 Å². The van der Waals surface area contributed by atoms with Crippen molar-refractivity contribution in [1.29, 1.82) is 0 Å². The third kappa shape index (κ3) is 2.82. The summed E-state index contributed by atoms with van der Waals surface area (Å²) >= 11 is 0. The molecular formula is C11H15N3O2S. The number of amides is 1. The Balaban J connectivity index is 2.10. The summed E-state index contributed by atoms with van der Waals surface area (Å²) in [5.41, 5.74) is 0.435. The molecule has 6 heteroatoms. The van der Waals surface area contributed by atoms with E-state index in [0.717, 1.165) is 0 Å². The average molecular weight is 253 g/mol. The molecule has 1 aliphatic rings. The van der Waals surface area contributed by atoms with Crippen molar-refractivity contribution in [2.24, 2.45) is 0 Å². The molecule has 0 spiro atoms. The molecule has 0 aromatic carbocycles. The summed E-state index contributed by atoms with van der Waals surface area (Å²) in [5.74, 6) is 1.73. The summed E-state index contributed by atoms with van der Waals surface area (Å²) in [4.78, 5) is 18.0. The Morgan fingerprint density at radius 2 is 2.12 bits per heavy atom. The number of rotatable bonds is 2. The first-order valence-corrected chi connectivity index (χ1v) is 6.98. The van der Waals surface area contributed by atoms with E-state index < -0.39 is 10.8 Å². The molecule has 0 radical (unpaired) electrons. The number of nitrogens with one attached hydrogen (secondary N) is 1. The van der Waals surface area contributed by atoms with Gasteiger partial charge in [-0.05, 0) is 12.1 Å². The second kappa shape index (κ2) is 5.27. The molecule has 1 aromatic rings. The zero-order valence-electron chi connectivity index (χ0n) is 9.68. The maximum absolute atomic E-state index is 12.1. The van der Waals surface area contributed by atoms with Crippen LogP contribution < -0.4 is 5.32 Å². The number of carbonyl (C=O) groups excluding carboxylic acids is 1. The van der Waals surface area contributed by atoms with Gasteiger partial charge in [0.05, 0.1) is 0 Å². The molecular weight excluding hydrogens is 238 g/mol. The molecule has 0 atom stereocenters. The number of nitrogens with zero attached hydrogens (tertiary/aromatic N) is 2. The van der Waals surface area contributed by atoms with Crippen LogP contribution in [-0.4, -0.2) is 51.6 Å². The van der Waals surface area contributed by atoms with Crippen LogP contribution in [0.5, 0.6) is 0 Å². The highest BCUT2D eigenvalue weighted by molar-refractivity contribution is 7.85. The van der Waals surface area contributed by atoms with Crippen LogP contribution in [0.2, 0.25) is 0 Å². The number of hydrogen-bond donors (Lipinski definition) is 1. The molecule has 1 fully saturated rings. The van der Waals surface area contributed by atoms with Gasteiger partial charge in [0, 0.05) is 42.4 Å². The maximum Gasteiger partial charge on any atom is 0.272 e. The molecule has 0 unspecified atom stereocenters.